The third-order valence-corrected chi connectivity index (χ3v) is 14.7. The number of anilines is 1. The van der Waals surface area contributed by atoms with E-state index >= 15 is 0 Å². The van der Waals surface area contributed by atoms with Crippen molar-refractivity contribution in [1.29, 1.82) is 0 Å². The molecule has 4 aliphatic rings. The highest BCUT2D eigenvalue weighted by molar-refractivity contribution is 7.99. The van der Waals surface area contributed by atoms with Crippen molar-refractivity contribution in [3.8, 4) is 0 Å². The summed E-state index contributed by atoms with van der Waals surface area (Å²) in [5.41, 5.74) is 10.5. The molecule has 4 heterocycles. The number of carbonyl (C=O) groups is 7. The highest BCUT2D eigenvalue weighted by Crippen LogP contribution is 2.50. The number of nitrogens with zero attached hydrogens (tertiary/aromatic N) is 7. The van der Waals surface area contributed by atoms with E-state index in [2.05, 4.69) is 33.8 Å². The van der Waals surface area contributed by atoms with Crippen molar-refractivity contribution in [1.82, 2.24) is 34.8 Å². The number of aliphatic imine (C=N–C) groups is 1. The minimum absolute atomic E-state index is 0.0318. The number of nitrogens with two attached hydrogens (primary N) is 1. The van der Waals surface area contributed by atoms with Gasteiger partial charge in [0.2, 0.25) is 41.4 Å². The third-order valence-electron chi connectivity index (χ3n) is 13.7. The monoisotopic (exact) mass is 1160 g/mol. The second-order valence-corrected chi connectivity index (χ2v) is 20.9. The summed E-state index contributed by atoms with van der Waals surface area (Å²) in [6.45, 7) is 15.3. The van der Waals surface area contributed by atoms with Crippen LogP contribution in [0.3, 0.4) is 0 Å². The number of carbonyl (C=O) groups excluding carboxylic acids is 7. The van der Waals surface area contributed by atoms with Crippen LogP contribution >= 0.6 is 11.8 Å². The number of pyridine rings is 1. The highest BCUT2D eigenvalue weighted by atomic mass is 32.2. The van der Waals surface area contributed by atoms with Crippen LogP contribution in [-0.2, 0) is 80.4 Å². The number of ether oxygens (including phenoxy) is 6. The molecule has 5 N–H and O–H groups in total. The molecule has 1 aromatic heterocycles. The molecular formula is C57H80N10O14S. The van der Waals surface area contributed by atoms with Crippen LogP contribution in [-0.4, -0.2) is 225 Å². The van der Waals surface area contributed by atoms with Gasteiger partial charge in [-0.25, -0.2) is 4.99 Å². The van der Waals surface area contributed by atoms with E-state index in [1.165, 1.54) is 26.5 Å². The molecular weight excluding hydrogens is 1080 g/mol. The van der Waals surface area contributed by atoms with E-state index in [1.54, 1.807) is 22.1 Å². The molecule has 1 saturated carbocycles. The van der Waals surface area contributed by atoms with Gasteiger partial charge in [0, 0.05) is 74.6 Å². The van der Waals surface area contributed by atoms with Crippen LogP contribution in [0.5, 0.6) is 0 Å². The molecule has 25 heteroatoms. The Hall–Kier alpha value is -6.58. The van der Waals surface area contributed by atoms with E-state index in [1.807, 2.05) is 31.2 Å². The predicted molar refractivity (Wildman–Crippen MR) is 307 cm³/mol. The van der Waals surface area contributed by atoms with Crippen molar-refractivity contribution < 1.29 is 67.1 Å². The summed E-state index contributed by atoms with van der Waals surface area (Å²) in [7, 11) is 0. The molecule has 0 spiro atoms. The number of hydrogen-bond acceptors (Lipinski definition) is 18. The van der Waals surface area contributed by atoms with Crippen molar-refractivity contribution in [2.45, 2.75) is 63.8 Å². The van der Waals surface area contributed by atoms with Gasteiger partial charge in [-0.15, -0.1) is 0 Å². The molecule has 82 heavy (non-hydrogen) atoms. The maximum atomic E-state index is 13.9. The topological polar surface area (TPSA) is 287 Å². The van der Waals surface area contributed by atoms with Crippen molar-refractivity contribution >= 4 is 76.4 Å². The van der Waals surface area contributed by atoms with Gasteiger partial charge in [0.1, 0.15) is 5.84 Å². The number of fused-ring (bicyclic) bond motifs is 2. The Labute approximate surface area is 483 Å². The number of aliphatic hydroxyl groups excluding tert-OH is 1. The van der Waals surface area contributed by atoms with Crippen LogP contribution in [0.25, 0.3) is 6.08 Å². The second kappa shape index (κ2) is 34.1. The minimum atomic E-state index is -0.748. The Morgan fingerprint density at radius 2 is 1.38 bits per heavy atom. The molecule has 1 aliphatic carbocycles. The molecule has 2 aromatic rings. The molecule has 0 atom stereocenters. The lowest BCUT2D eigenvalue weighted by Gasteiger charge is -2.41. The molecule has 2 fully saturated rings. The quantitative estimate of drug-likeness (QED) is 0.0562. The Morgan fingerprint density at radius 3 is 1.98 bits per heavy atom. The molecule has 24 nitrogen and oxygen atoms in total. The average Bonchev–Trinajstić information content (AvgIpc) is 4.45. The van der Waals surface area contributed by atoms with E-state index < -0.39 is 17.2 Å². The van der Waals surface area contributed by atoms with Gasteiger partial charge in [-0.2, -0.15) is 11.8 Å². The first-order chi connectivity index (χ1) is 39.8. The zero-order valence-electron chi connectivity index (χ0n) is 47.1. The van der Waals surface area contributed by atoms with Crippen LogP contribution in [0.4, 0.5) is 11.4 Å². The SMILES string of the molecule is C=CC(=O)N1CN(C(=O)C=C)CN(C(=O)CCSCC(=O)NCCOCCOCCOCCOCCOCCOCCC(=O)N2CCc3ncc(NC(=O)C4(c5ccc6c(c5)N=C(N)CC(C(=O)N(CCC)CCO)=C6)CC4)cc3C2)C1. The molecule has 7 amide bonds. The van der Waals surface area contributed by atoms with Crippen molar-refractivity contribution in [3.63, 3.8) is 0 Å². The smallest absolute Gasteiger partial charge is 0.250 e. The van der Waals surface area contributed by atoms with Crippen molar-refractivity contribution in [2.24, 2.45) is 10.7 Å². The molecule has 0 unspecified atom stereocenters. The largest absolute Gasteiger partial charge is 0.395 e. The van der Waals surface area contributed by atoms with Gasteiger partial charge in [-0.3, -0.25) is 38.5 Å². The number of amidine groups is 1. The van der Waals surface area contributed by atoms with E-state index in [0.29, 0.717) is 147 Å². The minimum Gasteiger partial charge on any atom is -0.395 e. The lowest BCUT2D eigenvalue weighted by atomic mass is 9.92. The highest BCUT2D eigenvalue weighted by Gasteiger charge is 2.51. The second-order valence-electron chi connectivity index (χ2n) is 19.8. The number of aromatic nitrogens is 1. The average molecular weight is 1160 g/mol. The maximum Gasteiger partial charge on any atom is 0.250 e. The number of thioether (sulfide) groups is 1. The molecule has 1 aromatic carbocycles. The van der Waals surface area contributed by atoms with Crippen LogP contribution in [0.1, 0.15) is 67.8 Å². The summed E-state index contributed by atoms with van der Waals surface area (Å²) >= 11 is 1.31. The molecule has 1 saturated heterocycles. The number of rotatable bonds is 36. The number of aliphatic hydroxyl groups is 1. The van der Waals surface area contributed by atoms with Crippen LogP contribution < -0.4 is 16.4 Å². The summed E-state index contributed by atoms with van der Waals surface area (Å²) in [5, 5.41) is 15.4. The molecule has 0 radical (unpaired) electrons. The predicted octanol–water partition coefficient (Wildman–Crippen LogP) is 2.12. The third kappa shape index (κ3) is 20.1. The Bertz CT molecular complexity index is 2560. The fourth-order valence-corrected chi connectivity index (χ4v) is 9.98. The fourth-order valence-electron chi connectivity index (χ4n) is 9.23. The van der Waals surface area contributed by atoms with Crippen molar-refractivity contribution in [3.05, 3.63) is 83.7 Å². The van der Waals surface area contributed by atoms with Gasteiger partial charge in [-0.1, -0.05) is 32.2 Å². The summed E-state index contributed by atoms with van der Waals surface area (Å²) in [5.74, 6) is -0.726. The molecule has 0 bridgehead atoms. The van der Waals surface area contributed by atoms with E-state index in [9.17, 15) is 38.7 Å². The van der Waals surface area contributed by atoms with Crippen LogP contribution in [0.15, 0.2) is 66.3 Å². The van der Waals surface area contributed by atoms with E-state index in [0.717, 1.165) is 41.0 Å². The van der Waals surface area contributed by atoms with Crippen LogP contribution in [0.2, 0.25) is 0 Å². The fraction of sp³-hybridized carbons (Fsp3) is 0.561. The van der Waals surface area contributed by atoms with Gasteiger partial charge in [0.25, 0.3) is 0 Å². The zero-order chi connectivity index (χ0) is 58.7. The summed E-state index contributed by atoms with van der Waals surface area (Å²) in [6.07, 6.45) is 8.94. The molecule has 6 rings (SSSR count). The van der Waals surface area contributed by atoms with Gasteiger partial charge < -0.3 is 74.4 Å². The Balaban J connectivity index is 0.731. The molecule has 448 valence electrons. The summed E-state index contributed by atoms with van der Waals surface area (Å²) in [6, 6.07) is 7.56. The Morgan fingerprint density at radius 1 is 0.780 bits per heavy atom. The number of amides is 7. The summed E-state index contributed by atoms with van der Waals surface area (Å²) in [4.78, 5) is 106. The Kier molecular flexibility index (Phi) is 26.9. The van der Waals surface area contributed by atoms with Crippen molar-refractivity contribution in [2.75, 3.05) is 149 Å². The number of hydrogen-bond donors (Lipinski definition) is 4. The molecule has 3 aliphatic heterocycles. The number of benzene rings is 1. The lowest BCUT2D eigenvalue weighted by molar-refractivity contribution is -0.154. The maximum absolute atomic E-state index is 13.9. The first kappa shape index (κ1) is 64.6. The van der Waals surface area contributed by atoms with Gasteiger partial charge in [-0.05, 0) is 60.8 Å². The number of nitrogens with one attached hydrogen (secondary N) is 2. The van der Waals surface area contributed by atoms with Crippen LogP contribution in [0, 0.1) is 0 Å². The first-order valence-corrected chi connectivity index (χ1v) is 29.0. The van der Waals surface area contributed by atoms with E-state index in [-0.39, 0.29) is 94.3 Å². The first-order valence-electron chi connectivity index (χ1n) is 27.9. The lowest BCUT2D eigenvalue weighted by Crippen LogP contribution is -2.59. The normalized spacial score (nSPS) is 15.3. The van der Waals surface area contributed by atoms with Gasteiger partial charge >= 0.3 is 0 Å². The van der Waals surface area contributed by atoms with E-state index in [4.69, 9.17) is 34.2 Å². The standard InChI is InChI=1S/C57H80N10O14S/c1-4-15-63(17-18-68)55(74)43-32-42-7-8-45(35-48(42)62-49(58)34-43)57(12-13-57)56(75)61-46-33-44-37-64(16-9-47(44)60-36-46)53(72)10-19-76-21-23-78-25-27-80-29-30-81-28-26-79-24-22-77-20-14-59-50(69)38-82-31-11-54(73)67-40-65(51(70)5-2)39-66(41-67)52(71)6-3/h5-8,32-33,35-36,68H,2-4,9-31,34,37-41H2,1H3,(H2,58,62)(H,59,69)(H,61,75). The zero-order valence-corrected chi connectivity index (χ0v) is 47.9. The van der Waals surface area contributed by atoms with Gasteiger partial charge in [0.05, 0.1) is 141 Å². The summed E-state index contributed by atoms with van der Waals surface area (Å²) < 4.78 is 33.4. The van der Waals surface area contributed by atoms with Gasteiger partial charge in [0.15, 0.2) is 0 Å².